The van der Waals surface area contributed by atoms with Crippen molar-refractivity contribution in [2.45, 2.75) is 85.0 Å². The van der Waals surface area contributed by atoms with Crippen LogP contribution in [0, 0.1) is 5.41 Å². The molecule has 0 saturated heterocycles. The summed E-state index contributed by atoms with van der Waals surface area (Å²) in [6.07, 6.45) is 12.1. The molecule has 0 aromatic heterocycles. The van der Waals surface area contributed by atoms with Crippen molar-refractivity contribution in [2.75, 3.05) is 0 Å². The molecule has 23 heavy (non-hydrogen) atoms. The third kappa shape index (κ3) is 7.67. The number of carbonyl (C=O) groups excluding carboxylic acids is 1. The highest BCUT2D eigenvalue weighted by Crippen LogP contribution is 2.31. The van der Waals surface area contributed by atoms with Crippen molar-refractivity contribution in [3.8, 4) is 5.75 Å². The first-order valence-electron chi connectivity index (χ1n) is 9.39. The Kier molecular flexibility index (Phi) is 9.66. The molecule has 2 nitrogen and oxygen atoms in total. The van der Waals surface area contributed by atoms with Gasteiger partial charge in [-0.15, -0.1) is 0 Å². The first kappa shape index (κ1) is 19.7. The zero-order chi connectivity index (χ0) is 17.0. The summed E-state index contributed by atoms with van der Waals surface area (Å²) in [5, 5.41) is 0. The van der Waals surface area contributed by atoms with E-state index in [0.29, 0.717) is 5.75 Å². The van der Waals surface area contributed by atoms with Gasteiger partial charge in [-0.1, -0.05) is 83.4 Å². The Morgan fingerprint density at radius 1 is 0.913 bits per heavy atom. The van der Waals surface area contributed by atoms with Gasteiger partial charge < -0.3 is 4.74 Å². The molecule has 0 N–H and O–H groups in total. The Morgan fingerprint density at radius 3 is 2.04 bits per heavy atom. The summed E-state index contributed by atoms with van der Waals surface area (Å²) in [6, 6.07) is 9.39. The van der Waals surface area contributed by atoms with E-state index in [1.807, 2.05) is 37.3 Å². The van der Waals surface area contributed by atoms with Crippen LogP contribution in [0.5, 0.6) is 5.75 Å². The third-order valence-electron chi connectivity index (χ3n) is 4.81. The van der Waals surface area contributed by atoms with Gasteiger partial charge in [0.25, 0.3) is 0 Å². The lowest BCUT2D eigenvalue weighted by molar-refractivity contribution is -0.145. The van der Waals surface area contributed by atoms with Gasteiger partial charge in [0.05, 0.1) is 5.41 Å². The van der Waals surface area contributed by atoms with E-state index in [1.165, 1.54) is 44.9 Å². The van der Waals surface area contributed by atoms with E-state index in [9.17, 15) is 4.79 Å². The number of rotatable bonds is 12. The summed E-state index contributed by atoms with van der Waals surface area (Å²) in [6.45, 7) is 6.37. The Morgan fingerprint density at radius 2 is 1.48 bits per heavy atom. The number of esters is 1. The monoisotopic (exact) mass is 318 g/mol. The van der Waals surface area contributed by atoms with Gasteiger partial charge in [-0.05, 0) is 31.9 Å². The molecular weight excluding hydrogens is 284 g/mol. The molecule has 130 valence electrons. The smallest absolute Gasteiger partial charge is 0.317 e. The van der Waals surface area contributed by atoms with Crippen molar-refractivity contribution in [3.63, 3.8) is 0 Å². The van der Waals surface area contributed by atoms with Crippen molar-refractivity contribution in [1.29, 1.82) is 0 Å². The fourth-order valence-corrected chi connectivity index (χ4v) is 2.79. The molecule has 0 aliphatic heterocycles. The van der Waals surface area contributed by atoms with E-state index >= 15 is 0 Å². The fourth-order valence-electron chi connectivity index (χ4n) is 2.79. The molecule has 1 atom stereocenters. The molecule has 0 aliphatic rings. The molecule has 1 rings (SSSR count). The second kappa shape index (κ2) is 11.3. The molecular formula is C21H34O2. The summed E-state index contributed by atoms with van der Waals surface area (Å²) < 4.78 is 5.55. The molecule has 0 spiro atoms. The summed E-state index contributed by atoms with van der Waals surface area (Å²) in [4.78, 5) is 12.5. The van der Waals surface area contributed by atoms with Crippen molar-refractivity contribution in [3.05, 3.63) is 30.3 Å². The molecule has 0 radical (unpaired) electrons. The van der Waals surface area contributed by atoms with E-state index in [1.54, 1.807) is 0 Å². The van der Waals surface area contributed by atoms with Gasteiger partial charge in [0, 0.05) is 0 Å². The lowest BCUT2D eigenvalue weighted by atomic mass is 9.82. The maximum atomic E-state index is 12.5. The Hall–Kier alpha value is -1.31. The predicted octanol–water partition coefficient (Wildman–Crippen LogP) is 6.54. The van der Waals surface area contributed by atoms with Crippen LogP contribution in [0.4, 0.5) is 0 Å². The number of hydrogen-bond acceptors (Lipinski definition) is 2. The Balaban J connectivity index is 2.28. The van der Waals surface area contributed by atoms with Crippen molar-refractivity contribution < 1.29 is 9.53 Å². The minimum Gasteiger partial charge on any atom is -0.426 e. The zero-order valence-corrected chi connectivity index (χ0v) is 15.3. The first-order chi connectivity index (χ1) is 11.1. The van der Waals surface area contributed by atoms with Crippen LogP contribution in [-0.2, 0) is 4.79 Å². The second-order valence-electron chi connectivity index (χ2n) is 6.84. The molecule has 0 saturated carbocycles. The van der Waals surface area contributed by atoms with Crippen molar-refractivity contribution in [1.82, 2.24) is 0 Å². The van der Waals surface area contributed by atoms with Crippen LogP contribution >= 0.6 is 0 Å². The number of benzene rings is 1. The Bertz CT molecular complexity index is 427. The summed E-state index contributed by atoms with van der Waals surface area (Å²) in [7, 11) is 0. The van der Waals surface area contributed by atoms with Gasteiger partial charge in [-0.3, -0.25) is 4.79 Å². The van der Waals surface area contributed by atoms with Crippen LogP contribution in [0.25, 0.3) is 0 Å². The lowest BCUT2D eigenvalue weighted by Crippen LogP contribution is -2.31. The van der Waals surface area contributed by atoms with E-state index < -0.39 is 0 Å². The van der Waals surface area contributed by atoms with Gasteiger partial charge in [0.1, 0.15) is 5.75 Å². The number of para-hydroxylation sites is 1. The van der Waals surface area contributed by atoms with Crippen molar-refractivity contribution in [2.24, 2.45) is 5.41 Å². The predicted molar refractivity (Wildman–Crippen MR) is 97.7 cm³/mol. The number of carbonyl (C=O) groups is 1. The van der Waals surface area contributed by atoms with Crippen LogP contribution in [0.3, 0.4) is 0 Å². The fraction of sp³-hybridized carbons (Fsp3) is 0.667. The highest BCUT2D eigenvalue weighted by atomic mass is 16.5. The molecule has 0 aliphatic carbocycles. The minimum absolute atomic E-state index is 0.0888. The molecule has 1 unspecified atom stereocenters. The lowest BCUT2D eigenvalue weighted by Gasteiger charge is -2.25. The quantitative estimate of drug-likeness (QED) is 0.248. The molecule has 0 fully saturated rings. The molecule has 0 bridgehead atoms. The zero-order valence-electron chi connectivity index (χ0n) is 15.3. The number of unbranched alkanes of at least 4 members (excludes halogenated alkanes) is 7. The van der Waals surface area contributed by atoms with Gasteiger partial charge >= 0.3 is 5.97 Å². The van der Waals surface area contributed by atoms with Crippen LogP contribution < -0.4 is 4.74 Å². The maximum Gasteiger partial charge on any atom is 0.317 e. The van der Waals surface area contributed by atoms with E-state index in [2.05, 4.69) is 13.8 Å². The van der Waals surface area contributed by atoms with Gasteiger partial charge in [0.2, 0.25) is 0 Å². The first-order valence-corrected chi connectivity index (χ1v) is 9.39. The topological polar surface area (TPSA) is 26.3 Å². The maximum absolute atomic E-state index is 12.5. The van der Waals surface area contributed by atoms with Crippen molar-refractivity contribution >= 4 is 5.97 Å². The normalized spacial score (nSPS) is 13.5. The number of ether oxygens (including phenoxy) is 1. The van der Waals surface area contributed by atoms with E-state index in [0.717, 1.165) is 19.3 Å². The van der Waals surface area contributed by atoms with Crippen LogP contribution in [-0.4, -0.2) is 5.97 Å². The van der Waals surface area contributed by atoms with Gasteiger partial charge in [-0.2, -0.15) is 0 Å². The highest BCUT2D eigenvalue weighted by Gasteiger charge is 2.32. The van der Waals surface area contributed by atoms with Gasteiger partial charge in [-0.25, -0.2) is 0 Å². The molecule has 2 heteroatoms. The van der Waals surface area contributed by atoms with Crippen LogP contribution in [0.1, 0.15) is 85.0 Å². The second-order valence-corrected chi connectivity index (χ2v) is 6.84. The third-order valence-corrected chi connectivity index (χ3v) is 4.81. The summed E-state index contributed by atoms with van der Waals surface area (Å²) in [5.41, 5.74) is -0.363. The van der Waals surface area contributed by atoms with E-state index in [-0.39, 0.29) is 11.4 Å². The highest BCUT2D eigenvalue weighted by molar-refractivity contribution is 5.78. The van der Waals surface area contributed by atoms with Crippen LogP contribution in [0.15, 0.2) is 30.3 Å². The molecule has 0 amide bonds. The summed E-state index contributed by atoms with van der Waals surface area (Å²) >= 11 is 0. The average Bonchev–Trinajstić information content (AvgIpc) is 2.58. The molecule has 1 aromatic rings. The average molecular weight is 319 g/mol. The molecule has 1 aromatic carbocycles. The number of hydrogen-bond donors (Lipinski definition) is 0. The molecule has 0 heterocycles. The van der Waals surface area contributed by atoms with E-state index in [4.69, 9.17) is 4.74 Å². The standard InChI is InChI=1S/C21H34O2/c1-4-6-7-8-9-10-11-15-18-21(3,5-2)20(22)23-19-16-13-12-14-17-19/h12-14,16-17H,4-11,15,18H2,1-3H3. The van der Waals surface area contributed by atoms with Crippen LogP contribution in [0.2, 0.25) is 0 Å². The summed E-state index contributed by atoms with van der Waals surface area (Å²) in [5.74, 6) is 0.558. The minimum atomic E-state index is -0.363. The SMILES string of the molecule is CCCCCCCCCCC(C)(CC)C(=O)Oc1ccccc1. The Labute approximate surface area is 142 Å². The largest absolute Gasteiger partial charge is 0.426 e. The van der Waals surface area contributed by atoms with Gasteiger partial charge in [0.15, 0.2) is 0 Å².